The Bertz CT molecular complexity index is 4460. The first-order valence-corrected chi connectivity index (χ1v) is 38.8. The Morgan fingerprint density at radius 3 is 1.71 bits per heavy atom. The van der Waals surface area contributed by atoms with E-state index in [1.807, 2.05) is 4.58 Å². The zero-order chi connectivity index (χ0) is 71.6. The van der Waals surface area contributed by atoms with Gasteiger partial charge in [0.1, 0.15) is 21.6 Å². The number of anilines is 1. The van der Waals surface area contributed by atoms with E-state index in [4.69, 9.17) is 49.6 Å². The predicted molar refractivity (Wildman–Crippen MR) is 354 cm³/mol. The summed E-state index contributed by atoms with van der Waals surface area (Å²) < 4.78 is 223. The number of hydroxylamine groups is 2. The van der Waals surface area contributed by atoms with Crippen LogP contribution in [-0.4, -0.2) is 210 Å². The lowest BCUT2D eigenvalue weighted by molar-refractivity contribution is -0.442. The Hall–Kier alpha value is -6.00. The van der Waals surface area contributed by atoms with Crippen molar-refractivity contribution < 1.29 is 122 Å². The average molecular weight is 1490 g/mol. The SMILES string of the molecule is COCCOCCOCCOCCC1(C)/C(=C\C=C2/CCCC(/C=C/C3=[N+](CCOCCOCCOC)c4ccc5c(S(=O)(=O)O)cc(S(=O)(=O)O)cc5c4C3(C)CCCS(=O)(=O)O)=C2Cl)N(CCCC(=O)ON2C(=O)CCC2=O)c2ccc3c(S(=O)(=O)[O-])cc(S(=O)(=O)O)cc3c21. The largest absolute Gasteiger partial charge is 0.744 e. The molecule has 4 N–H and O–H groups in total. The van der Waals surface area contributed by atoms with E-state index in [1.165, 1.54) is 25.3 Å². The molecule has 1 aliphatic carbocycles. The van der Waals surface area contributed by atoms with Crippen molar-refractivity contribution in [1.82, 2.24) is 5.06 Å². The third kappa shape index (κ3) is 18.7. The molecule has 538 valence electrons. The number of halogens is 1. The maximum absolute atomic E-state index is 13.3. The standard InChI is InChI=1S/C63H78ClN3O26S5/c1-62(21-7-37-94(71,72)73)54(66(24-26-89-32-34-90-29-27-86-3)51-16-14-46-48(59(51)62)38-44(95(74,75)76)40-52(46)97(80,81)82)17-11-42-8-5-9-43(61(42)64)12-18-55-63(2,22-25-88-31-33-92-36-35-91-30-28-87-4)60-49-39-45(96(77,78)79)41-53(98(83,84)85)47(49)13-15-50(60)65(55)23-6-10-58(70)93-67-56(68)19-20-57(67)69/h11-18,38-41H,5-10,19-37H2,1-4H3,(H4-,71,72,73,74,75,76,77,78,79,80,81,82,83,84,85). The molecule has 0 radical (unpaired) electrons. The molecule has 3 aliphatic heterocycles. The first kappa shape index (κ1) is 77.7. The zero-order valence-corrected chi connectivity index (χ0v) is 59.0. The molecule has 1 saturated heterocycles. The lowest BCUT2D eigenvalue weighted by atomic mass is 9.74. The van der Waals surface area contributed by atoms with Crippen LogP contribution in [0.1, 0.15) is 89.2 Å². The average Bonchev–Trinajstić information content (AvgIpc) is 1.51. The molecule has 35 heteroatoms. The van der Waals surface area contributed by atoms with Crippen molar-refractivity contribution in [3.63, 3.8) is 0 Å². The maximum Gasteiger partial charge on any atom is 0.333 e. The molecule has 0 aromatic heterocycles. The van der Waals surface area contributed by atoms with Crippen LogP contribution in [0.15, 0.2) is 114 Å². The fourth-order valence-corrected chi connectivity index (χ4v) is 16.1. The molecule has 4 aromatic rings. The minimum Gasteiger partial charge on any atom is -0.744 e. The third-order valence-corrected chi connectivity index (χ3v) is 21.9. The van der Waals surface area contributed by atoms with E-state index in [-0.39, 0.29) is 143 Å². The Morgan fingerprint density at radius 1 is 0.612 bits per heavy atom. The third-order valence-electron chi connectivity index (χ3n) is 17.2. The number of benzene rings is 4. The van der Waals surface area contributed by atoms with Gasteiger partial charge in [-0.1, -0.05) is 29.8 Å². The first-order chi connectivity index (χ1) is 46.1. The van der Waals surface area contributed by atoms with E-state index in [1.54, 1.807) is 56.2 Å². The summed E-state index contributed by atoms with van der Waals surface area (Å²) in [6, 6.07) is 9.04. The first-order valence-electron chi connectivity index (χ1n) is 31.0. The summed E-state index contributed by atoms with van der Waals surface area (Å²) in [6.07, 6.45) is 7.31. The van der Waals surface area contributed by atoms with Crippen LogP contribution in [0.25, 0.3) is 21.5 Å². The monoisotopic (exact) mass is 1490 g/mol. The molecule has 2 unspecified atom stereocenters. The topological polar surface area (TPSA) is 409 Å². The molecule has 2 amide bonds. The van der Waals surface area contributed by atoms with Gasteiger partial charge in [-0.15, -0.1) is 5.06 Å². The molecular formula is C63H78ClN3O26S5. The maximum atomic E-state index is 13.3. The van der Waals surface area contributed by atoms with Crippen LogP contribution in [0.4, 0.5) is 11.4 Å². The van der Waals surface area contributed by atoms with Crippen LogP contribution in [-0.2, 0) is 114 Å². The van der Waals surface area contributed by atoms with Gasteiger partial charge in [-0.3, -0.25) is 27.8 Å². The molecule has 29 nitrogen and oxygen atoms in total. The Kier molecular flexibility index (Phi) is 26.0. The zero-order valence-electron chi connectivity index (χ0n) is 54.1. The molecule has 0 spiro atoms. The molecule has 0 bridgehead atoms. The van der Waals surface area contributed by atoms with Gasteiger partial charge in [0, 0.05) is 91.6 Å². The van der Waals surface area contributed by atoms with Crippen molar-refractivity contribution in [3.8, 4) is 0 Å². The lowest BCUT2D eigenvalue weighted by Gasteiger charge is -2.31. The number of amides is 2. The highest BCUT2D eigenvalue weighted by molar-refractivity contribution is 7.87. The van der Waals surface area contributed by atoms with Gasteiger partial charge in [0.25, 0.3) is 52.3 Å². The van der Waals surface area contributed by atoms with Crippen LogP contribution in [0, 0.1) is 0 Å². The summed E-state index contributed by atoms with van der Waals surface area (Å²) in [7, 11) is -22.5. The summed E-state index contributed by atoms with van der Waals surface area (Å²) in [6.45, 7) is 6.01. The number of carbonyl (C=O) groups is 3. The number of methoxy groups -OCH3 is 2. The smallest absolute Gasteiger partial charge is 0.333 e. The van der Waals surface area contributed by atoms with Gasteiger partial charge in [0.05, 0.1) is 91.9 Å². The van der Waals surface area contributed by atoms with Crippen LogP contribution in [0.5, 0.6) is 0 Å². The summed E-state index contributed by atoms with van der Waals surface area (Å²) in [5, 5.41) is 0.268. The second-order valence-corrected chi connectivity index (χ2v) is 31.3. The number of hydrogen-bond acceptors (Lipinski definition) is 23. The van der Waals surface area contributed by atoms with Gasteiger partial charge < -0.3 is 47.4 Å². The second-order valence-electron chi connectivity index (χ2n) is 23.8. The predicted octanol–water partition coefficient (Wildman–Crippen LogP) is 6.64. The van der Waals surface area contributed by atoms with E-state index in [9.17, 15) is 79.2 Å². The molecule has 2 atom stereocenters. The lowest BCUT2D eigenvalue weighted by Crippen LogP contribution is -2.33. The fourth-order valence-electron chi connectivity index (χ4n) is 12.6. The fraction of sp³-hybridized carbons (Fsp3) is 0.492. The van der Waals surface area contributed by atoms with Crippen LogP contribution < -0.4 is 4.90 Å². The van der Waals surface area contributed by atoms with Crippen molar-refractivity contribution >= 4 is 119 Å². The Morgan fingerprint density at radius 2 is 1.15 bits per heavy atom. The van der Waals surface area contributed by atoms with Crippen LogP contribution >= 0.6 is 11.6 Å². The molecule has 4 aliphatic rings. The summed E-state index contributed by atoms with van der Waals surface area (Å²) in [5.74, 6) is -3.03. The van der Waals surface area contributed by atoms with Crippen molar-refractivity contribution in [2.24, 2.45) is 0 Å². The summed E-state index contributed by atoms with van der Waals surface area (Å²) in [5.41, 5.74) is 0.587. The van der Waals surface area contributed by atoms with Gasteiger partial charge in [-0.2, -0.15) is 38.2 Å². The van der Waals surface area contributed by atoms with Gasteiger partial charge in [0.2, 0.25) is 5.69 Å². The van der Waals surface area contributed by atoms with Gasteiger partial charge >= 0.3 is 5.97 Å². The van der Waals surface area contributed by atoms with E-state index in [0.717, 1.165) is 12.1 Å². The van der Waals surface area contributed by atoms with Crippen LogP contribution in [0.2, 0.25) is 0 Å². The number of nitrogens with zero attached hydrogens (tertiary/aromatic N) is 3. The molecule has 98 heavy (non-hydrogen) atoms. The number of rotatable bonds is 37. The minimum atomic E-state index is -5.44. The van der Waals surface area contributed by atoms with Crippen molar-refractivity contribution in [2.75, 3.05) is 117 Å². The summed E-state index contributed by atoms with van der Waals surface area (Å²) >= 11 is 7.49. The molecular weight excluding hydrogens is 1410 g/mol. The number of hydrogen-bond donors (Lipinski definition) is 4. The van der Waals surface area contributed by atoms with E-state index >= 15 is 0 Å². The Balaban J connectivity index is 1.26. The van der Waals surface area contributed by atoms with E-state index < -0.39 is 105 Å². The number of allylic oxidation sites excluding steroid dienone is 8. The number of fused-ring (bicyclic) bond motifs is 6. The highest BCUT2D eigenvalue weighted by atomic mass is 35.5. The van der Waals surface area contributed by atoms with Crippen molar-refractivity contribution in [2.45, 2.75) is 108 Å². The normalized spacial score (nSPS) is 19.7. The number of carbonyl (C=O) groups excluding carboxylic acids is 3. The molecule has 1 fully saturated rings. The van der Waals surface area contributed by atoms with Crippen molar-refractivity contribution in [3.05, 3.63) is 106 Å². The molecule has 3 heterocycles. The molecule has 0 saturated carbocycles. The highest BCUT2D eigenvalue weighted by Crippen LogP contribution is 2.55. The Labute approximate surface area is 573 Å². The summed E-state index contributed by atoms with van der Waals surface area (Å²) in [4.78, 5) is 41.5. The second kappa shape index (κ2) is 32.8. The highest BCUT2D eigenvalue weighted by Gasteiger charge is 2.50. The number of imide groups is 1. The van der Waals surface area contributed by atoms with E-state index in [2.05, 4.69) is 0 Å². The molecule has 8 rings (SSSR count). The number of ether oxygens (including phenoxy) is 7. The van der Waals surface area contributed by atoms with Crippen molar-refractivity contribution in [1.29, 1.82) is 0 Å². The molecule has 4 aromatic carbocycles. The minimum absolute atomic E-state index is 0.0105. The van der Waals surface area contributed by atoms with Crippen LogP contribution in [0.3, 0.4) is 0 Å². The van der Waals surface area contributed by atoms with Gasteiger partial charge in [0.15, 0.2) is 12.3 Å². The van der Waals surface area contributed by atoms with E-state index in [0.29, 0.717) is 102 Å². The van der Waals surface area contributed by atoms with Gasteiger partial charge in [-0.25, -0.2) is 13.2 Å². The van der Waals surface area contributed by atoms with Gasteiger partial charge in [-0.05, 0) is 134 Å². The quantitative estimate of drug-likeness (QED) is 0.0159.